The van der Waals surface area contributed by atoms with Gasteiger partial charge in [-0.15, -0.1) is 0 Å². The molecule has 0 atom stereocenters. The Labute approximate surface area is 140 Å². The van der Waals surface area contributed by atoms with E-state index in [0.717, 1.165) is 27.4 Å². The highest BCUT2D eigenvalue weighted by Gasteiger charge is 2.34. The largest absolute Gasteiger partial charge is 0.276 e. The van der Waals surface area contributed by atoms with Crippen molar-refractivity contribution in [3.63, 3.8) is 0 Å². The summed E-state index contributed by atoms with van der Waals surface area (Å²) < 4.78 is 1.91. The van der Waals surface area contributed by atoms with Crippen molar-refractivity contribution in [3.8, 4) is 5.69 Å². The molecule has 0 saturated carbocycles. The van der Waals surface area contributed by atoms with Gasteiger partial charge in [-0.3, -0.25) is 9.36 Å². The fourth-order valence-corrected chi connectivity index (χ4v) is 4.20. The van der Waals surface area contributed by atoms with Gasteiger partial charge in [-0.25, -0.2) is 0 Å². The lowest BCUT2D eigenvalue weighted by atomic mass is 9.74. The monoisotopic (exact) mass is 311 g/mol. The van der Waals surface area contributed by atoms with Crippen LogP contribution in [0.4, 0.5) is 0 Å². The number of rotatable bonds is 0. The highest BCUT2D eigenvalue weighted by atomic mass is 16.1. The van der Waals surface area contributed by atoms with Crippen molar-refractivity contribution in [1.29, 1.82) is 0 Å². The minimum atomic E-state index is -0.134. The average Bonchev–Trinajstić information content (AvgIpc) is 2.61. The quantitative estimate of drug-likeness (QED) is 0.428. The van der Waals surface area contributed by atoms with E-state index in [0.29, 0.717) is 0 Å². The highest BCUT2D eigenvalue weighted by Crippen LogP contribution is 2.43. The smallest absolute Gasteiger partial charge is 0.263 e. The molecule has 4 aromatic rings. The first-order valence-electron chi connectivity index (χ1n) is 8.27. The second kappa shape index (κ2) is 4.35. The summed E-state index contributed by atoms with van der Waals surface area (Å²) >= 11 is 0. The normalized spacial score (nSPS) is 14.8. The van der Waals surface area contributed by atoms with Crippen molar-refractivity contribution in [3.05, 3.63) is 88.2 Å². The van der Waals surface area contributed by atoms with Crippen LogP contribution in [-0.2, 0) is 5.41 Å². The number of fused-ring (bicyclic) bond motifs is 4. The number of pyridine rings is 1. The lowest BCUT2D eigenvalue weighted by Gasteiger charge is -2.35. The van der Waals surface area contributed by atoms with Gasteiger partial charge in [-0.05, 0) is 28.6 Å². The van der Waals surface area contributed by atoms with Crippen LogP contribution in [0.5, 0.6) is 0 Å². The molecule has 0 bridgehead atoms. The lowest BCUT2D eigenvalue weighted by Crippen LogP contribution is -2.32. The van der Waals surface area contributed by atoms with Gasteiger partial charge in [-0.2, -0.15) is 0 Å². The molecule has 0 amide bonds. The van der Waals surface area contributed by atoms with E-state index >= 15 is 0 Å². The summed E-state index contributed by atoms with van der Waals surface area (Å²) in [6.45, 7) is 4.48. The van der Waals surface area contributed by atoms with Crippen molar-refractivity contribution in [2.45, 2.75) is 19.3 Å². The maximum Gasteiger partial charge on any atom is 0.263 e. The summed E-state index contributed by atoms with van der Waals surface area (Å²) in [4.78, 5) is 13.3. The van der Waals surface area contributed by atoms with E-state index < -0.39 is 0 Å². The molecule has 2 heterocycles. The first kappa shape index (κ1) is 13.6. The van der Waals surface area contributed by atoms with Crippen LogP contribution >= 0.6 is 0 Å². The van der Waals surface area contributed by atoms with Crippen LogP contribution in [0.1, 0.15) is 25.0 Å². The standard InChI is InChI=1S/C22H17NO/c1-22(2)17-11-5-6-13-19(17)23-20-15(10-7-12-18(20)22)14-8-3-4-9-16(14)21(23)24/h3-13H,1-2H3. The number of hydrogen-bond donors (Lipinski definition) is 0. The Kier molecular flexibility index (Phi) is 2.46. The Morgan fingerprint density at radius 2 is 1.33 bits per heavy atom. The van der Waals surface area contributed by atoms with Gasteiger partial charge in [-0.1, -0.05) is 68.4 Å². The molecule has 0 aliphatic carbocycles. The third-order valence-electron chi connectivity index (χ3n) is 5.40. The van der Waals surface area contributed by atoms with Crippen LogP contribution in [0.3, 0.4) is 0 Å². The van der Waals surface area contributed by atoms with Crippen LogP contribution < -0.4 is 5.56 Å². The zero-order valence-corrected chi connectivity index (χ0v) is 13.7. The Balaban J connectivity index is 2.17. The summed E-state index contributed by atoms with van der Waals surface area (Å²) in [6, 6.07) is 22.6. The number of hydrogen-bond acceptors (Lipinski definition) is 1. The van der Waals surface area contributed by atoms with Crippen molar-refractivity contribution in [1.82, 2.24) is 4.57 Å². The maximum atomic E-state index is 13.3. The van der Waals surface area contributed by atoms with Crippen LogP contribution in [0.15, 0.2) is 71.5 Å². The molecule has 2 heteroatoms. The molecule has 0 fully saturated rings. The van der Waals surface area contributed by atoms with E-state index in [-0.39, 0.29) is 11.0 Å². The average molecular weight is 311 g/mol. The predicted molar refractivity (Wildman–Crippen MR) is 99.2 cm³/mol. The first-order valence-corrected chi connectivity index (χ1v) is 8.27. The van der Waals surface area contributed by atoms with Crippen molar-refractivity contribution >= 4 is 21.7 Å². The predicted octanol–water partition coefficient (Wildman–Crippen LogP) is 4.78. The van der Waals surface area contributed by atoms with Gasteiger partial charge in [0.2, 0.25) is 0 Å². The molecule has 3 aromatic carbocycles. The van der Waals surface area contributed by atoms with Gasteiger partial charge < -0.3 is 0 Å². The zero-order chi connectivity index (χ0) is 16.5. The fourth-order valence-electron chi connectivity index (χ4n) is 4.20. The summed E-state index contributed by atoms with van der Waals surface area (Å²) in [5.41, 5.74) is 4.38. The van der Waals surface area contributed by atoms with Gasteiger partial charge in [0.05, 0.1) is 11.2 Å². The van der Waals surface area contributed by atoms with E-state index in [2.05, 4.69) is 50.2 Å². The third-order valence-corrected chi connectivity index (χ3v) is 5.40. The molecule has 0 N–H and O–H groups in total. The van der Waals surface area contributed by atoms with Crippen LogP contribution in [0, 0.1) is 0 Å². The van der Waals surface area contributed by atoms with Crippen molar-refractivity contribution in [2.75, 3.05) is 0 Å². The van der Waals surface area contributed by atoms with Crippen LogP contribution in [0.2, 0.25) is 0 Å². The van der Waals surface area contributed by atoms with Gasteiger partial charge in [0.25, 0.3) is 5.56 Å². The van der Waals surface area contributed by atoms with E-state index in [1.165, 1.54) is 11.1 Å². The molecule has 1 aliphatic rings. The highest BCUT2D eigenvalue weighted by molar-refractivity contribution is 6.08. The minimum Gasteiger partial charge on any atom is -0.276 e. The first-order chi connectivity index (χ1) is 11.6. The topological polar surface area (TPSA) is 22.0 Å². The van der Waals surface area contributed by atoms with Crippen molar-refractivity contribution in [2.24, 2.45) is 0 Å². The fraction of sp³-hybridized carbons (Fsp3) is 0.136. The van der Waals surface area contributed by atoms with E-state index in [1.807, 2.05) is 34.9 Å². The zero-order valence-electron chi connectivity index (χ0n) is 13.7. The third kappa shape index (κ3) is 1.48. The summed E-state index contributed by atoms with van der Waals surface area (Å²) in [6.07, 6.45) is 0. The number of para-hydroxylation sites is 2. The SMILES string of the molecule is CC1(C)c2ccccc2-n2c(=O)c3ccccc3c3cccc1c32. The molecule has 2 nitrogen and oxygen atoms in total. The van der Waals surface area contributed by atoms with Gasteiger partial charge in [0.1, 0.15) is 0 Å². The molecule has 5 rings (SSSR count). The molecule has 0 saturated heterocycles. The molecule has 24 heavy (non-hydrogen) atoms. The minimum absolute atomic E-state index is 0.0634. The summed E-state index contributed by atoms with van der Waals surface area (Å²) in [7, 11) is 0. The second-order valence-corrected chi connectivity index (χ2v) is 7.03. The van der Waals surface area contributed by atoms with E-state index in [4.69, 9.17) is 0 Å². The summed E-state index contributed by atoms with van der Waals surface area (Å²) in [5, 5.41) is 2.95. The molecular weight excluding hydrogens is 294 g/mol. The Morgan fingerprint density at radius 3 is 2.17 bits per heavy atom. The maximum absolute atomic E-state index is 13.3. The molecule has 0 unspecified atom stereocenters. The molecule has 0 spiro atoms. The van der Waals surface area contributed by atoms with Gasteiger partial charge >= 0.3 is 0 Å². The molecule has 1 aromatic heterocycles. The van der Waals surface area contributed by atoms with Crippen molar-refractivity contribution < 1.29 is 0 Å². The van der Waals surface area contributed by atoms with Gasteiger partial charge in [0, 0.05) is 16.2 Å². The molecule has 0 radical (unpaired) electrons. The Hall–Kier alpha value is -2.87. The van der Waals surface area contributed by atoms with Crippen LogP contribution in [0.25, 0.3) is 27.4 Å². The second-order valence-electron chi connectivity index (χ2n) is 7.03. The Bertz CT molecular complexity index is 1200. The van der Waals surface area contributed by atoms with Crippen LogP contribution in [-0.4, -0.2) is 4.57 Å². The van der Waals surface area contributed by atoms with E-state index in [1.54, 1.807) is 0 Å². The lowest BCUT2D eigenvalue weighted by molar-refractivity contribution is 0.626. The number of benzene rings is 3. The molecule has 116 valence electrons. The van der Waals surface area contributed by atoms with E-state index in [9.17, 15) is 4.79 Å². The number of nitrogens with zero attached hydrogens (tertiary/aromatic N) is 1. The molecular formula is C22H17NO. The Morgan fingerprint density at radius 1 is 0.708 bits per heavy atom. The number of aromatic nitrogens is 1. The van der Waals surface area contributed by atoms with Gasteiger partial charge in [0.15, 0.2) is 0 Å². The summed E-state index contributed by atoms with van der Waals surface area (Å²) in [5.74, 6) is 0. The molecule has 1 aliphatic heterocycles.